The molecule has 0 aliphatic rings. The lowest BCUT2D eigenvalue weighted by Gasteiger charge is -2.08. The van der Waals surface area contributed by atoms with Crippen molar-refractivity contribution in [3.63, 3.8) is 0 Å². The highest BCUT2D eigenvalue weighted by molar-refractivity contribution is 5.87. The van der Waals surface area contributed by atoms with Gasteiger partial charge in [0.15, 0.2) is 0 Å². The van der Waals surface area contributed by atoms with Crippen LogP contribution < -0.4 is 4.74 Å². The second-order valence-electron chi connectivity index (χ2n) is 4.19. The Morgan fingerprint density at radius 2 is 1.95 bits per heavy atom. The summed E-state index contributed by atoms with van der Waals surface area (Å²) in [5, 5.41) is 0. The summed E-state index contributed by atoms with van der Waals surface area (Å²) in [6.45, 7) is 7.18. The Morgan fingerprint density at radius 1 is 1.30 bits per heavy atom. The maximum atomic E-state index is 11.7. The minimum atomic E-state index is -0.149. The third-order valence-electron chi connectivity index (χ3n) is 2.30. The third kappa shape index (κ3) is 7.69. The van der Waals surface area contributed by atoms with Gasteiger partial charge >= 0.3 is 0 Å². The van der Waals surface area contributed by atoms with Crippen molar-refractivity contribution in [1.82, 2.24) is 4.90 Å². The van der Waals surface area contributed by atoms with Crippen molar-refractivity contribution in [2.75, 3.05) is 27.2 Å². The molecular weight excluding hydrogens is 252 g/mol. The van der Waals surface area contributed by atoms with E-state index in [4.69, 9.17) is 4.74 Å². The van der Waals surface area contributed by atoms with Crippen molar-refractivity contribution >= 4 is 12.1 Å². The molecule has 1 rings (SSSR count). The predicted octanol–water partition coefficient (Wildman–Crippen LogP) is 2.81. The van der Waals surface area contributed by atoms with Crippen LogP contribution in [0.15, 0.2) is 29.3 Å². The topological polar surface area (TPSA) is 41.9 Å². The van der Waals surface area contributed by atoms with E-state index >= 15 is 0 Å². The molecule has 0 atom stereocenters. The second kappa shape index (κ2) is 11.2. The van der Waals surface area contributed by atoms with Gasteiger partial charge in [-0.05, 0) is 27.1 Å². The van der Waals surface area contributed by atoms with Crippen molar-refractivity contribution in [3.05, 3.63) is 29.8 Å². The van der Waals surface area contributed by atoms with Gasteiger partial charge < -0.3 is 9.64 Å². The van der Waals surface area contributed by atoms with Crippen LogP contribution in [0.2, 0.25) is 0 Å². The fourth-order valence-electron chi connectivity index (χ4n) is 1.46. The van der Waals surface area contributed by atoms with Gasteiger partial charge in [-0.15, -0.1) is 0 Å². The Balaban J connectivity index is 0.00000172. The van der Waals surface area contributed by atoms with Gasteiger partial charge in [-0.2, -0.15) is 0 Å². The highest BCUT2D eigenvalue weighted by Crippen LogP contribution is 2.18. The molecule has 1 amide bonds. The molecule has 0 spiro atoms. The third-order valence-corrected chi connectivity index (χ3v) is 2.30. The van der Waals surface area contributed by atoms with Gasteiger partial charge in [0.25, 0.3) is 0 Å². The monoisotopic (exact) mass is 278 g/mol. The molecule has 112 valence electrons. The minimum Gasteiger partial charge on any atom is -0.494 e. The zero-order chi connectivity index (χ0) is 15.4. The molecule has 0 saturated heterocycles. The van der Waals surface area contributed by atoms with E-state index in [1.165, 1.54) is 0 Å². The average molecular weight is 278 g/mol. The number of aliphatic imine (C=N–C) groups is 1. The van der Waals surface area contributed by atoms with Gasteiger partial charge in [0, 0.05) is 18.3 Å². The Labute approximate surface area is 122 Å². The lowest BCUT2D eigenvalue weighted by atomic mass is 10.1. The summed E-state index contributed by atoms with van der Waals surface area (Å²) in [6, 6.07) is 7.56. The molecule has 0 radical (unpaired) electrons. The number of rotatable bonds is 6. The Hall–Kier alpha value is -1.68. The first kappa shape index (κ1) is 18.3. The van der Waals surface area contributed by atoms with Crippen LogP contribution in [-0.2, 0) is 11.2 Å². The minimum absolute atomic E-state index is 0.149. The summed E-state index contributed by atoms with van der Waals surface area (Å²) in [5.74, 6) is 0.611. The quantitative estimate of drug-likeness (QED) is 0.751. The molecular formula is C16H26N2O2. The fourth-order valence-corrected chi connectivity index (χ4v) is 1.46. The smallest absolute Gasteiger partial charge is 0.249 e. The van der Waals surface area contributed by atoms with E-state index in [-0.39, 0.29) is 12.3 Å². The molecule has 0 saturated carbocycles. The molecule has 4 heteroatoms. The number of nitrogens with zero attached hydrogens (tertiary/aromatic N) is 2. The van der Waals surface area contributed by atoms with Crippen molar-refractivity contribution in [1.29, 1.82) is 0 Å². The van der Waals surface area contributed by atoms with Crippen LogP contribution in [0.25, 0.3) is 0 Å². The molecule has 4 nitrogen and oxygen atoms in total. The van der Waals surface area contributed by atoms with Crippen molar-refractivity contribution < 1.29 is 9.53 Å². The van der Waals surface area contributed by atoms with Crippen LogP contribution in [0.5, 0.6) is 5.75 Å². The summed E-state index contributed by atoms with van der Waals surface area (Å²) >= 11 is 0. The summed E-state index contributed by atoms with van der Waals surface area (Å²) in [6.07, 6.45) is 1.91. The first-order valence-corrected chi connectivity index (χ1v) is 7.04. The molecule has 0 N–H and O–H groups in total. The number of carbonyl (C=O) groups is 1. The first-order valence-electron chi connectivity index (χ1n) is 7.04. The first-order chi connectivity index (χ1) is 9.63. The number of benzene rings is 1. The van der Waals surface area contributed by atoms with E-state index in [9.17, 15) is 4.79 Å². The molecule has 0 heterocycles. The highest BCUT2D eigenvalue weighted by Gasteiger charge is 2.06. The van der Waals surface area contributed by atoms with Gasteiger partial charge in [0.05, 0.1) is 13.0 Å². The molecule has 0 aliphatic carbocycles. The zero-order valence-electron chi connectivity index (χ0n) is 13.2. The molecule has 0 aromatic heterocycles. The number of amides is 1. The van der Waals surface area contributed by atoms with E-state index in [1.54, 1.807) is 6.21 Å². The molecule has 1 aromatic rings. The van der Waals surface area contributed by atoms with Crippen molar-refractivity contribution in [2.24, 2.45) is 4.99 Å². The summed E-state index contributed by atoms with van der Waals surface area (Å²) in [4.78, 5) is 17.5. The number of carbonyl (C=O) groups excluding carboxylic acids is 1. The summed E-state index contributed by atoms with van der Waals surface area (Å²) < 4.78 is 5.47. The van der Waals surface area contributed by atoms with Gasteiger partial charge in [0.2, 0.25) is 5.91 Å². The maximum absolute atomic E-state index is 11.7. The van der Waals surface area contributed by atoms with Crippen LogP contribution in [0, 0.1) is 0 Å². The number of hydrogen-bond donors (Lipinski definition) is 0. The fraction of sp³-hybridized carbons (Fsp3) is 0.500. The van der Waals surface area contributed by atoms with Crippen molar-refractivity contribution in [2.45, 2.75) is 27.2 Å². The lowest BCUT2D eigenvalue weighted by molar-refractivity contribution is -0.117. The van der Waals surface area contributed by atoms with Crippen LogP contribution in [0.3, 0.4) is 0 Å². The molecule has 0 unspecified atom stereocenters. The highest BCUT2D eigenvalue weighted by atomic mass is 16.5. The SMILES string of the molecule is CC.CCOc1ccccc1CC(=O)N=CCN(C)C. The van der Waals surface area contributed by atoms with Gasteiger partial charge in [-0.1, -0.05) is 32.0 Å². The van der Waals surface area contributed by atoms with Crippen molar-refractivity contribution in [3.8, 4) is 5.75 Å². The van der Waals surface area contributed by atoms with Gasteiger partial charge in [-0.3, -0.25) is 4.79 Å². The molecule has 1 aromatic carbocycles. The number of ether oxygens (including phenoxy) is 1. The van der Waals surface area contributed by atoms with Crippen LogP contribution in [0.4, 0.5) is 0 Å². The van der Waals surface area contributed by atoms with E-state index in [0.717, 1.165) is 11.3 Å². The number of hydrogen-bond acceptors (Lipinski definition) is 3. The number of para-hydroxylation sites is 1. The standard InChI is InChI=1S/C14H20N2O2.C2H6/c1-4-18-13-8-6-5-7-12(13)11-14(17)15-9-10-16(2)3;1-2/h5-9H,4,10-11H2,1-3H3;1-2H3. The molecule has 0 fully saturated rings. The average Bonchev–Trinajstić information content (AvgIpc) is 2.43. The summed E-state index contributed by atoms with van der Waals surface area (Å²) in [5.41, 5.74) is 0.881. The maximum Gasteiger partial charge on any atom is 0.249 e. The Bertz CT molecular complexity index is 415. The largest absolute Gasteiger partial charge is 0.494 e. The molecule has 0 aliphatic heterocycles. The van der Waals surface area contributed by atoms with Crippen LogP contribution in [-0.4, -0.2) is 44.3 Å². The van der Waals surface area contributed by atoms with E-state index in [1.807, 2.05) is 64.0 Å². The van der Waals surface area contributed by atoms with E-state index in [0.29, 0.717) is 13.2 Å². The lowest BCUT2D eigenvalue weighted by Crippen LogP contribution is -2.14. The Morgan fingerprint density at radius 3 is 2.55 bits per heavy atom. The van der Waals surface area contributed by atoms with Crippen LogP contribution >= 0.6 is 0 Å². The van der Waals surface area contributed by atoms with E-state index in [2.05, 4.69) is 4.99 Å². The van der Waals surface area contributed by atoms with Gasteiger partial charge in [-0.25, -0.2) is 4.99 Å². The summed E-state index contributed by atoms with van der Waals surface area (Å²) in [7, 11) is 3.86. The predicted molar refractivity (Wildman–Crippen MR) is 84.7 cm³/mol. The van der Waals surface area contributed by atoms with Crippen LogP contribution in [0.1, 0.15) is 26.3 Å². The zero-order valence-corrected chi connectivity index (χ0v) is 13.2. The van der Waals surface area contributed by atoms with E-state index < -0.39 is 0 Å². The molecule has 20 heavy (non-hydrogen) atoms. The molecule has 0 bridgehead atoms. The second-order valence-corrected chi connectivity index (χ2v) is 4.19. The van der Waals surface area contributed by atoms with Gasteiger partial charge in [0.1, 0.15) is 5.75 Å². The Kier molecular flexibility index (Phi) is 10.2. The normalized spacial score (nSPS) is 10.3.